The van der Waals surface area contributed by atoms with Crippen molar-refractivity contribution >= 4 is 5.91 Å². The molecule has 2 N–H and O–H groups in total. The van der Waals surface area contributed by atoms with E-state index in [0.29, 0.717) is 18.5 Å². The molecule has 23 heavy (non-hydrogen) atoms. The number of nitrogens with one attached hydrogen (secondary N) is 1. The maximum atomic E-state index is 13.2. The Hall–Kier alpha value is -1.70. The van der Waals surface area contributed by atoms with Crippen molar-refractivity contribution in [3.05, 3.63) is 22.8 Å². The topological polar surface area (TPSA) is 75.1 Å². The maximum Gasteiger partial charge on any atom is 0.433 e. The number of halogens is 3. The molecule has 1 aliphatic rings. The van der Waals surface area contributed by atoms with Gasteiger partial charge in [0.05, 0.1) is 5.60 Å². The van der Waals surface area contributed by atoms with Gasteiger partial charge in [-0.15, -0.1) is 0 Å². The van der Waals surface area contributed by atoms with E-state index in [4.69, 9.17) is 0 Å². The first-order chi connectivity index (χ1) is 10.5. The molecule has 128 valence electrons. The Morgan fingerprint density at radius 3 is 2.57 bits per heavy atom. The minimum Gasteiger partial charge on any atom is -0.389 e. The van der Waals surface area contributed by atoms with Crippen LogP contribution in [-0.2, 0) is 23.8 Å². The Kier molecular flexibility index (Phi) is 4.66. The third kappa shape index (κ3) is 4.40. The highest BCUT2D eigenvalue weighted by molar-refractivity contribution is 5.79. The summed E-state index contributed by atoms with van der Waals surface area (Å²) in [5.74, 6) is -0.843. The smallest absolute Gasteiger partial charge is 0.389 e. The van der Waals surface area contributed by atoms with Crippen molar-refractivity contribution in [3.8, 4) is 0 Å². The minimum absolute atomic E-state index is 0.0118. The van der Waals surface area contributed by atoms with Crippen LogP contribution in [0.1, 0.15) is 43.0 Å². The Labute approximate surface area is 132 Å². The fourth-order valence-electron chi connectivity index (χ4n) is 2.64. The Bertz CT molecular complexity index is 609. The summed E-state index contributed by atoms with van der Waals surface area (Å²) in [7, 11) is 0. The van der Waals surface area contributed by atoms with E-state index in [-0.39, 0.29) is 30.3 Å². The van der Waals surface area contributed by atoms with E-state index >= 15 is 0 Å². The monoisotopic (exact) mass is 331 g/mol. The molecular weight excluding hydrogens is 311 g/mol. The van der Waals surface area contributed by atoms with Crippen molar-refractivity contribution in [2.45, 2.75) is 51.8 Å². The summed E-state index contributed by atoms with van der Waals surface area (Å²) in [6.07, 6.45) is -3.87. The molecule has 5 nitrogen and oxygen atoms in total. The third-order valence-corrected chi connectivity index (χ3v) is 3.72. The van der Waals surface area contributed by atoms with Crippen molar-refractivity contribution in [2.75, 3.05) is 6.54 Å². The fraction of sp³-hybridized carbons (Fsp3) is 0.667. The number of fused-ring (bicyclic) bond motifs is 1. The number of aliphatic hydroxyl groups is 1. The van der Waals surface area contributed by atoms with E-state index in [1.807, 2.05) is 0 Å². The highest BCUT2D eigenvalue weighted by Crippen LogP contribution is 2.35. The van der Waals surface area contributed by atoms with E-state index < -0.39 is 23.4 Å². The van der Waals surface area contributed by atoms with Gasteiger partial charge in [-0.05, 0) is 40.0 Å². The standard InChI is InChI=1S/C15H20F3N3O2/c1-8-20-11-5-4-9(13(22)19-7-14(2,3)23)6-10(11)12(21-8)15(16,17)18/h9,23H,4-7H2,1-3H3,(H,19,22). The highest BCUT2D eigenvalue weighted by Gasteiger charge is 2.39. The lowest BCUT2D eigenvalue weighted by molar-refractivity contribution is -0.142. The van der Waals surface area contributed by atoms with E-state index in [1.165, 1.54) is 6.92 Å². The van der Waals surface area contributed by atoms with Gasteiger partial charge in [-0.1, -0.05) is 0 Å². The molecule has 1 atom stereocenters. The van der Waals surface area contributed by atoms with Crippen molar-refractivity contribution in [1.29, 1.82) is 0 Å². The Morgan fingerprint density at radius 1 is 1.35 bits per heavy atom. The molecule has 0 aromatic carbocycles. The van der Waals surface area contributed by atoms with Crippen molar-refractivity contribution in [2.24, 2.45) is 5.92 Å². The van der Waals surface area contributed by atoms with Crippen LogP contribution in [0.4, 0.5) is 13.2 Å². The van der Waals surface area contributed by atoms with Crippen LogP contribution in [0.15, 0.2) is 0 Å². The molecule has 0 saturated heterocycles. The van der Waals surface area contributed by atoms with Gasteiger partial charge in [0, 0.05) is 23.7 Å². The van der Waals surface area contributed by atoms with Gasteiger partial charge in [-0.25, -0.2) is 9.97 Å². The number of hydrogen-bond donors (Lipinski definition) is 2. The molecule has 0 fully saturated rings. The molecule has 2 rings (SSSR count). The molecule has 1 amide bonds. The van der Waals surface area contributed by atoms with Crippen LogP contribution in [0.2, 0.25) is 0 Å². The molecule has 0 aliphatic heterocycles. The van der Waals surface area contributed by atoms with Gasteiger partial charge < -0.3 is 10.4 Å². The van der Waals surface area contributed by atoms with Gasteiger partial charge in [-0.3, -0.25) is 4.79 Å². The number of amides is 1. The summed E-state index contributed by atoms with van der Waals surface area (Å²) in [5.41, 5.74) is -1.63. The van der Waals surface area contributed by atoms with Gasteiger partial charge in [-0.2, -0.15) is 13.2 Å². The molecule has 0 bridgehead atoms. The number of nitrogens with zero attached hydrogens (tertiary/aromatic N) is 2. The molecule has 0 saturated carbocycles. The molecule has 8 heteroatoms. The average molecular weight is 331 g/mol. The zero-order valence-corrected chi connectivity index (χ0v) is 13.3. The van der Waals surface area contributed by atoms with Gasteiger partial charge in [0.2, 0.25) is 5.91 Å². The lowest BCUT2D eigenvalue weighted by atomic mass is 9.84. The zero-order chi connectivity index (χ0) is 17.4. The van der Waals surface area contributed by atoms with Crippen LogP contribution in [0.3, 0.4) is 0 Å². The molecule has 1 heterocycles. The number of aromatic nitrogens is 2. The number of aryl methyl sites for hydroxylation is 2. The summed E-state index contributed by atoms with van der Waals surface area (Å²) in [5, 5.41) is 12.2. The Balaban J connectivity index is 2.21. The van der Waals surface area contributed by atoms with Gasteiger partial charge in [0.1, 0.15) is 5.82 Å². The Morgan fingerprint density at radius 2 is 2.00 bits per heavy atom. The van der Waals surface area contributed by atoms with Crippen LogP contribution in [0, 0.1) is 12.8 Å². The number of rotatable bonds is 3. The first-order valence-electron chi connectivity index (χ1n) is 7.41. The van der Waals surface area contributed by atoms with Gasteiger partial charge in [0.25, 0.3) is 0 Å². The number of alkyl halides is 3. The van der Waals surface area contributed by atoms with Crippen LogP contribution in [0.25, 0.3) is 0 Å². The first-order valence-corrected chi connectivity index (χ1v) is 7.41. The summed E-state index contributed by atoms with van der Waals surface area (Å²) in [6.45, 7) is 4.56. The molecule has 1 aromatic rings. The van der Waals surface area contributed by atoms with E-state index in [2.05, 4.69) is 15.3 Å². The molecule has 1 aromatic heterocycles. The average Bonchev–Trinajstić information content (AvgIpc) is 2.41. The van der Waals surface area contributed by atoms with Crippen LogP contribution in [0.5, 0.6) is 0 Å². The minimum atomic E-state index is -4.57. The largest absolute Gasteiger partial charge is 0.433 e. The van der Waals surface area contributed by atoms with E-state index in [9.17, 15) is 23.1 Å². The molecule has 1 unspecified atom stereocenters. The summed E-state index contributed by atoms with van der Waals surface area (Å²) >= 11 is 0. The van der Waals surface area contributed by atoms with Crippen molar-refractivity contribution < 1.29 is 23.1 Å². The number of hydrogen-bond acceptors (Lipinski definition) is 4. The molecule has 0 spiro atoms. The maximum absolute atomic E-state index is 13.2. The summed E-state index contributed by atoms with van der Waals surface area (Å²) in [4.78, 5) is 19.8. The molecule has 0 radical (unpaired) electrons. The van der Waals surface area contributed by atoms with Gasteiger partial charge in [0.15, 0.2) is 5.69 Å². The number of carbonyl (C=O) groups excluding carboxylic acids is 1. The molecule has 1 aliphatic carbocycles. The third-order valence-electron chi connectivity index (χ3n) is 3.72. The highest BCUT2D eigenvalue weighted by atomic mass is 19.4. The predicted octanol–water partition coefficient (Wildman–Crippen LogP) is 1.80. The summed E-state index contributed by atoms with van der Waals surface area (Å²) in [6, 6.07) is 0. The van der Waals surface area contributed by atoms with E-state index in [1.54, 1.807) is 13.8 Å². The zero-order valence-electron chi connectivity index (χ0n) is 13.3. The second-order valence-electron chi connectivity index (χ2n) is 6.51. The molecular formula is C15H20F3N3O2. The number of carbonyl (C=O) groups is 1. The van der Waals surface area contributed by atoms with Crippen molar-refractivity contribution in [3.63, 3.8) is 0 Å². The fourth-order valence-corrected chi connectivity index (χ4v) is 2.64. The second kappa shape index (κ2) is 6.07. The van der Waals surface area contributed by atoms with Crippen LogP contribution >= 0.6 is 0 Å². The summed E-state index contributed by atoms with van der Waals surface area (Å²) < 4.78 is 39.5. The van der Waals surface area contributed by atoms with Crippen molar-refractivity contribution in [1.82, 2.24) is 15.3 Å². The SMILES string of the molecule is Cc1nc2c(c(C(F)(F)F)n1)CC(C(=O)NCC(C)(C)O)CC2. The second-order valence-corrected chi connectivity index (χ2v) is 6.51. The lowest BCUT2D eigenvalue weighted by Crippen LogP contribution is -2.42. The first kappa shape index (κ1) is 17.7. The normalized spacial score (nSPS) is 18.5. The predicted molar refractivity (Wildman–Crippen MR) is 76.6 cm³/mol. The van der Waals surface area contributed by atoms with Crippen LogP contribution in [-0.4, -0.2) is 33.1 Å². The lowest BCUT2D eigenvalue weighted by Gasteiger charge is -2.27. The van der Waals surface area contributed by atoms with Gasteiger partial charge >= 0.3 is 6.18 Å². The quantitative estimate of drug-likeness (QED) is 0.886. The van der Waals surface area contributed by atoms with E-state index in [0.717, 1.165) is 0 Å². The van der Waals surface area contributed by atoms with Crippen LogP contribution < -0.4 is 5.32 Å².